The Labute approximate surface area is 100 Å². The van der Waals surface area contributed by atoms with E-state index in [0.29, 0.717) is 25.1 Å². The van der Waals surface area contributed by atoms with Crippen molar-refractivity contribution in [1.82, 2.24) is 5.32 Å². The highest BCUT2D eigenvalue weighted by Crippen LogP contribution is 2.39. The first kappa shape index (κ1) is 12.0. The summed E-state index contributed by atoms with van der Waals surface area (Å²) in [6.07, 6.45) is 0.689. The molecule has 1 aliphatic rings. The number of rotatable bonds is 3. The lowest BCUT2D eigenvalue weighted by Gasteiger charge is -2.32. The lowest BCUT2D eigenvalue weighted by atomic mass is 9.70. The Bertz CT molecular complexity index is 435. The molecule has 4 heteroatoms. The van der Waals surface area contributed by atoms with Gasteiger partial charge in [0.05, 0.1) is 5.92 Å². The molecule has 1 aliphatic heterocycles. The van der Waals surface area contributed by atoms with Crippen LogP contribution in [0.4, 0.5) is 4.39 Å². The molecule has 1 saturated heterocycles. The minimum absolute atomic E-state index is 0.260. The topological polar surface area (TPSA) is 55.1 Å². The van der Waals surface area contributed by atoms with Gasteiger partial charge in [-0.3, -0.25) is 4.79 Å². The molecular weight excluding hydrogens is 219 g/mol. The Morgan fingerprint density at radius 3 is 2.88 bits per heavy atom. The van der Waals surface area contributed by atoms with Gasteiger partial charge in [0.15, 0.2) is 0 Å². The highest BCUT2D eigenvalue weighted by Gasteiger charge is 2.47. The summed E-state index contributed by atoms with van der Waals surface area (Å²) < 4.78 is 13.9. The number of hydrogen-bond acceptors (Lipinski definition) is 2. The zero-order valence-corrected chi connectivity index (χ0v) is 9.87. The number of nitrogens with two attached hydrogens (primary N) is 1. The molecule has 3 N–H and O–H groups in total. The second-order valence-corrected chi connectivity index (χ2v) is 4.58. The molecule has 0 aromatic heterocycles. The predicted octanol–water partition coefficient (Wildman–Crippen LogP) is 1.18. The van der Waals surface area contributed by atoms with Crippen LogP contribution in [0.5, 0.6) is 0 Å². The number of hydrogen-bond donors (Lipinski definition) is 2. The van der Waals surface area contributed by atoms with Crippen molar-refractivity contribution in [3.63, 3.8) is 0 Å². The monoisotopic (exact) mass is 236 g/mol. The van der Waals surface area contributed by atoms with Crippen molar-refractivity contribution in [2.75, 3.05) is 13.1 Å². The SMILES string of the molecule is CCC1(c2ccccc2F)CNCC1C(N)=O. The maximum absolute atomic E-state index is 13.9. The Morgan fingerprint density at radius 2 is 2.29 bits per heavy atom. The van der Waals surface area contributed by atoms with E-state index in [2.05, 4.69) is 5.32 Å². The molecule has 0 radical (unpaired) electrons. The molecule has 3 nitrogen and oxygen atoms in total. The summed E-state index contributed by atoms with van der Waals surface area (Å²) in [5, 5.41) is 3.15. The van der Waals surface area contributed by atoms with Crippen LogP contribution in [0, 0.1) is 11.7 Å². The highest BCUT2D eigenvalue weighted by molar-refractivity contribution is 5.79. The van der Waals surface area contributed by atoms with Gasteiger partial charge in [-0.2, -0.15) is 0 Å². The summed E-state index contributed by atoms with van der Waals surface area (Å²) >= 11 is 0. The molecule has 2 rings (SSSR count). The second kappa shape index (κ2) is 4.45. The molecule has 17 heavy (non-hydrogen) atoms. The molecule has 0 aliphatic carbocycles. The van der Waals surface area contributed by atoms with Crippen molar-refractivity contribution in [2.45, 2.75) is 18.8 Å². The Morgan fingerprint density at radius 1 is 1.59 bits per heavy atom. The zero-order valence-electron chi connectivity index (χ0n) is 9.87. The number of amides is 1. The third kappa shape index (κ3) is 1.82. The van der Waals surface area contributed by atoms with Gasteiger partial charge in [0, 0.05) is 18.5 Å². The van der Waals surface area contributed by atoms with Crippen molar-refractivity contribution in [3.8, 4) is 0 Å². The zero-order chi connectivity index (χ0) is 12.5. The Balaban J connectivity index is 2.51. The van der Waals surface area contributed by atoms with E-state index in [9.17, 15) is 9.18 Å². The molecule has 1 heterocycles. The summed E-state index contributed by atoms with van der Waals surface area (Å²) in [4.78, 5) is 11.5. The molecular formula is C13H17FN2O. The van der Waals surface area contributed by atoms with Crippen molar-refractivity contribution < 1.29 is 9.18 Å². The normalized spacial score (nSPS) is 28.2. The second-order valence-electron chi connectivity index (χ2n) is 4.58. The maximum atomic E-state index is 13.9. The summed E-state index contributed by atoms with van der Waals surface area (Å²) in [7, 11) is 0. The van der Waals surface area contributed by atoms with E-state index in [-0.39, 0.29) is 17.6 Å². The average Bonchev–Trinajstić information content (AvgIpc) is 2.74. The molecule has 1 aromatic carbocycles. The van der Waals surface area contributed by atoms with Crippen LogP contribution in [0.25, 0.3) is 0 Å². The first-order chi connectivity index (χ1) is 8.12. The van der Waals surface area contributed by atoms with E-state index < -0.39 is 5.41 Å². The lowest BCUT2D eigenvalue weighted by molar-refractivity contribution is -0.122. The van der Waals surface area contributed by atoms with E-state index in [1.54, 1.807) is 18.2 Å². The van der Waals surface area contributed by atoms with Crippen LogP contribution < -0.4 is 11.1 Å². The van der Waals surface area contributed by atoms with Crippen molar-refractivity contribution >= 4 is 5.91 Å². The molecule has 92 valence electrons. The van der Waals surface area contributed by atoms with Gasteiger partial charge in [-0.15, -0.1) is 0 Å². The van der Waals surface area contributed by atoms with E-state index in [4.69, 9.17) is 5.73 Å². The minimum Gasteiger partial charge on any atom is -0.369 e. The molecule has 1 amide bonds. The molecule has 2 atom stereocenters. The number of carbonyl (C=O) groups excluding carboxylic acids is 1. The third-order valence-corrected chi connectivity index (χ3v) is 3.84. The van der Waals surface area contributed by atoms with Crippen LogP contribution in [0.15, 0.2) is 24.3 Å². The largest absolute Gasteiger partial charge is 0.369 e. The smallest absolute Gasteiger partial charge is 0.222 e. The highest BCUT2D eigenvalue weighted by atomic mass is 19.1. The van der Waals surface area contributed by atoms with Gasteiger partial charge in [-0.05, 0) is 18.1 Å². The fraction of sp³-hybridized carbons (Fsp3) is 0.462. The standard InChI is InChI=1S/C13H17FN2O/c1-2-13(8-16-7-10(13)12(15)17)9-5-3-4-6-11(9)14/h3-6,10,16H,2,7-8H2,1H3,(H2,15,17). The van der Waals surface area contributed by atoms with Gasteiger partial charge in [0.25, 0.3) is 0 Å². The van der Waals surface area contributed by atoms with Gasteiger partial charge in [0.1, 0.15) is 5.82 Å². The summed E-state index contributed by atoms with van der Waals surface area (Å²) in [5.41, 5.74) is 5.53. The van der Waals surface area contributed by atoms with Crippen LogP contribution in [-0.2, 0) is 10.2 Å². The van der Waals surface area contributed by atoms with Crippen molar-refractivity contribution in [1.29, 1.82) is 0 Å². The van der Waals surface area contributed by atoms with Crippen LogP contribution in [0.2, 0.25) is 0 Å². The molecule has 1 aromatic rings. The van der Waals surface area contributed by atoms with E-state index in [1.807, 2.05) is 6.92 Å². The third-order valence-electron chi connectivity index (χ3n) is 3.84. The van der Waals surface area contributed by atoms with Crippen LogP contribution in [0.3, 0.4) is 0 Å². The number of benzene rings is 1. The van der Waals surface area contributed by atoms with Crippen LogP contribution in [-0.4, -0.2) is 19.0 Å². The number of primary amides is 1. The minimum atomic E-state index is -0.503. The molecule has 0 bridgehead atoms. The van der Waals surface area contributed by atoms with Crippen LogP contribution >= 0.6 is 0 Å². The Hall–Kier alpha value is -1.42. The lowest BCUT2D eigenvalue weighted by Crippen LogP contribution is -2.42. The fourth-order valence-electron chi connectivity index (χ4n) is 2.84. The molecule has 1 fully saturated rings. The van der Waals surface area contributed by atoms with Gasteiger partial charge >= 0.3 is 0 Å². The van der Waals surface area contributed by atoms with Gasteiger partial charge in [-0.1, -0.05) is 25.1 Å². The van der Waals surface area contributed by atoms with E-state index in [1.165, 1.54) is 6.07 Å². The van der Waals surface area contributed by atoms with Gasteiger partial charge < -0.3 is 11.1 Å². The number of nitrogens with one attached hydrogen (secondary N) is 1. The quantitative estimate of drug-likeness (QED) is 0.828. The molecule has 0 spiro atoms. The number of carbonyl (C=O) groups is 1. The molecule has 0 saturated carbocycles. The van der Waals surface area contributed by atoms with Crippen LogP contribution in [0.1, 0.15) is 18.9 Å². The molecule has 2 unspecified atom stereocenters. The number of halogens is 1. The maximum Gasteiger partial charge on any atom is 0.222 e. The summed E-state index contributed by atoms with van der Waals surface area (Å²) in [6.45, 7) is 3.09. The summed E-state index contributed by atoms with van der Waals surface area (Å²) in [6, 6.07) is 6.64. The first-order valence-electron chi connectivity index (χ1n) is 5.87. The van der Waals surface area contributed by atoms with Crippen molar-refractivity contribution in [2.24, 2.45) is 11.7 Å². The Kier molecular flexibility index (Phi) is 3.15. The van der Waals surface area contributed by atoms with Gasteiger partial charge in [-0.25, -0.2) is 4.39 Å². The van der Waals surface area contributed by atoms with Crippen molar-refractivity contribution in [3.05, 3.63) is 35.6 Å². The van der Waals surface area contributed by atoms with Gasteiger partial charge in [0.2, 0.25) is 5.91 Å². The fourth-order valence-corrected chi connectivity index (χ4v) is 2.84. The summed E-state index contributed by atoms with van der Waals surface area (Å²) in [5.74, 6) is -0.964. The van der Waals surface area contributed by atoms with E-state index in [0.717, 1.165) is 0 Å². The van der Waals surface area contributed by atoms with E-state index >= 15 is 0 Å². The average molecular weight is 236 g/mol. The first-order valence-corrected chi connectivity index (χ1v) is 5.87. The predicted molar refractivity (Wildman–Crippen MR) is 63.9 cm³/mol.